The Morgan fingerprint density at radius 3 is 2.57 bits per heavy atom. The van der Waals surface area contributed by atoms with E-state index in [0.717, 1.165) is 16.3 Å². The lowest BCUT2D eigenvalue weighted by molar-refractivity contribution is -0.116. The second kappa shape index (κ2) is 7.57. The minimum Gasteiger partial charge on any atom is -0.383 e. The molecule has 0 aliphatic rings. The normalized spacial score (nSPS) is 10.6. The molecule has 0 saturated carbocycles. The van der Waals surface area contributed by atoms with Crippen LogP contribution in [0.2, 0.25) is 0 Å². The number of rotatable bonds is 6. The van der Waals surface area contributed by atoms with Gasteiger partial charge in [-0.25, -0.2) is 4.98 Å². The molecule has 124 valence electrons. The average molecular weight is 355 g/mol. The lowest BCUT2D eigenvalue weighted by atomic mass is 10.4. The Bertz CT molecular complexity index is 712. The lowest BCUT2D eigenvalue weighted by Crippen LogP contribution is -2.31. The molecule has 0 aromatic carbocycles. The number of thiazole rings is 1. The van der Waals surface area contributed by atoms with Gasteiger partial charge in [0, 0.05) is 14.0 Å². The molecule has 23 heavy (non-hydrogen) atoms. The highest BCUT2D eigenvalue weighted by molar-refractivity contribution is 7.18. The number of carbonyl (C=O) groups is 2. The maximum Gasteiger partial charge on any atom is 0.269 e. The van der Waals surface area contributed by atoms with Crippen LogP contribution in [0.15, 0.2) is 0 Å². The third-order valence-corrected chi connectivity index (χ3v) is 4.80. The quantitative estimate of drug-likeness (QED) is 0.849. The van der Waals surface area contributed by atoms with Gasteiger partial charge in [-0.05, 0) is 13.8 Å². The zero-order valence-corrected chi connectivity index (χ0v) is 14.9. The van der Waals surface area contributed by atoms with E-state index in [-0.39, 0.29) is 11.8 Å². The maximum atomic E-state index is 12.3. The van der Waals surface area contributed by atoms with E-state index in [2.05, 4.69) is 20.5 Å². The molecule has 2 heterocycles. The fourth-order valence-corrected chi connectivity index (χ4v) is 3.40. The fourth-order valence-electron chi connectivity index (χ4n) is 1.78. The summed E-state index contributed by atoms with van der Waals surface area (Å²) >= 11 is 2.46. The monoisotopic (exact) mass is 355 g/mol. The van der Waals surface area contributed by atoms with Crippen molar-refractivity contribution in [2.24, 2.45) is 0 Å². The van der Waals surface area contributed by atoms with Crippen molar-refractivity contribution in [3.63, 3.8) is 0 Å². The van der Waals surface area contributed by atoms with Crippen LogP contribution in [0.1, 0.15) is 27.3 Å². The van der Waals surface area contributed by atoms with Crippen LogP contribution >= 0.6 is 22.7 Å². The van der Waals surface area contributed by atoms with Crippen molar-refractivity contribution < 1.29 is 14.3 Å². The molecule has 2 aromatic rings. The van der Waals surface area contributed by atoms with Crippen molar-refractivity contribution in [2.75, 3.05) is 30.5 Å². The minimum absolute atomic E-state index is 0.150. The number of anilines is 2. The highest BCUT2D eigenvalue weighted by Crippen LogP contribution is 2.27. The topological polar surface area (TPSA) is 97.3 Å². The molecule has 10 heteroatoms. The standard InChI is InChI=1S/C13H17N5O3S2/c1-7-10(11(20)15-12-17-16-8(2)22-12)23-13(14-7)18(9(3)19)5-6-21-4/h5-6H2,1-4H3,(H,15,17,20). The second-order valence-electron chi connectivity index (χ2n) is 4.65. The van der Waals surface area contributed by atoms with Gasteiger partial charge in [-0.3, -0.25) is 19.8 Å². The van der Waals surface area contributed by atoms with Crippen LogP contribution in [0.3, 0.4) is 0 Å². The molecular weight excluding hydrogens is 338 g/mol. The molecule has 8 nitrogen and oxygen atoms in total. The van der Waals surface area contributed by atoms with E-state index < -0.39 is 0 Å². The molecule has 0 spiro atoms. The van der Waals surface area contributed by atoms with Gasteiger partial charge in [0.1, 0.15) is 9.88 Å². The summed E-state index contributed by atoms with van der Waals surface area (Å²) in [5, 5.41) is 12.1. The summed E-state index contributed by atoms with van der Waals surface area (Å²) in [5.74, 6) is -0.458. The van der Waals surface area contributed by atoms with E-state index in [1.807, 2.05) is 6.92 Å². The van der Waals surface area contributed by atoms with Crippen LogP contribution in [0.25, 0.3) is 0 Å². The summed E-state index contributed by atoms with van der Waals surface area (Å²) in [6, 6.07) is 0. The zero-order valence-electron chi connectivity index (χ0n) is 13.2. The largest absolute Gasteiger partial charge is 0.383 e. The molecule has 0 atom stereocenters. The van der Waals surface area contributed by atoms with Crippen LogP contribution in [0, 0.1) is 13.8 Å². The first-order valence-electron chi connectivity index (χ1n) is 6.78. The van der Waals surface area contributed by atoms with E-state index in [4.69, 9.17) is 4.74 Å². The van der Waals surface area contributed by atoms with Gasteiger partial charge in [-0.15, -0.1) is 10.2 Å². The number of hydrogen-bond donors (Lipinski definition) is 1. The van der Waals surface area contributed by atoms with Gasteiger partial charge in [0.25, 0.3) is 5.91 Å². The van der Waals surface area contributed by atoms with E-state index >= 15 is 0 Å². The predicted molar refractivity (Wildman–Crippen MR) is 89.4 cm³/mol. The molecule has 2 amide bonds. The summed E-state index contributed by atoms with van der Waals surface area (Å²) in [6.07, 6.45) is 0. The second-order valence-corrected chi connectivity index (χ2v) is 6.81. The highest BCUT2D eigenvalue weighted by atomic mass is 32.1. The van der Waals surface area contributed by atoms with Crippen molar-refractivity contribution in [3.05, 3.63) is 15.6 Å². The van der Waals surface area contributed by atoms with Crippen LogP contribution in [0.4, 0.5) is 10.3 Å². The molecular formula is C13H17N5O3S2. The number of hydrogen-bond acceptors (Lipinski definition) is 8. The minimum atomic E-state index is -0.308. The van der Waals surface area contributed by atoms with Gasteiger partial charge in [-0.1, -0.05) is 22.7 Å². The summed E-state index contributed by atoms with van der Waals surface area (Å²) in [5.41, 5.74) is 0.562. The van der Waals surface area contributed by atoms with Crippen molar-refractivity contribution in [1.29, 1.82) is 0 Å². The SMILES string of the molecule is COCCN(C(C)=O)c1nc(C)c(C(=O)Nc2nnc(C)s2)s1. The van der Waals surface area contributed by atoms with Crippen molar-refractivity contribution >= 4 is 44.8 Å². The number of carbonyl (C=O) groups excluding carboxylic acids is 2. The summed E-state index contributed by atoms with van der Waals surface area (Å²) in [7, 11) is 1.56. The molecule has 0 unspecified atom stereocenters. The maximum absolute atomic E-state index is 12.3. The van der Waals surface area contributed by atoms with Gasteiger partial charge in [0.15, 0.2) is 5.13 Å². The number of nitrogens with one attached hydrogen (secondary N) is 1. The number of nitrogens with zero attached hydrogens (tertiary/aromatic N) is 4. The predicted octanol–water partition coefficient (Wildman–Crippen LogP) is 1.86. The molecule has 0 saturated heterocycles. The Labute approximate surface area is 141 Å². The van der Waals surface area contributed by atoms with Crippen LogP contribution in [-0.4, -0.2) is 47.3 Å². The van der Waals surface area contributed by atoms with Crippen LogP contribution in [0.5, 0.6) is 0 Å². The summed E-state index contributed by atoms with van der Waals surface area (Å²) in [4.78, 5) is 30.4. The molecule has 2 rings (SSSR count). The first-order valence-corrected chi connectivity index (χ1v) is 8.41. The molecule has 0 aliphatic carbocycles. The Kier molecular flexibility index (Phi) is 5.74. The number of aryl methyl sites for hydroxylation is 2. The number of ether oxygens (including phenoxy) is 1. The van der Waals surface area contributed by atoms with Crippen molar-refractivity contribution in [3.8, 4) is 0 Å². The highest BCUT2D eigenvalue weighted by Gasteiger charge is 2.21. The van der Waals surface area contributed by atoms with E-state index in [1.54, 1.807) is 14.0 Å². The van der Waals surface area contributed by atoms with Crippen molar-refractivity contribution in [1.82, 2.24) is 15.2 Å². The van der Waals surface area contributed by atoms with Gasteiger partial charge < -0.3 is 4.74 Å². The molecule has 0 bridgehead atoms. The van der Waals surface area contributed by atoms with Crippen molar-refractivity contribution in [2.45, 2.75) is 20.8 Å². The Morgan fingerprint density at radius 1 is 1.26 bits per heavy atom. The molecule has 0 aliphatic heterocycles. The number of aromatic nitrogens is 3. The Hall–Kier alpha value is -1.91. The molecule has 2 aromatic heterocycles. The van der Waals surface area contributed by atoms with Gasteiger partial charge >= 0.3 is 0 Å². The smallest absolute Gasteiger partial charge is 0.269 e. The van der Waals surface area contributed by atoms with Crippen LogP contribution < -0.4 is 10.2 Å². The summed E-state index contributed by atoms with van der Waals surface area (Å²) < 4.78 is 5.00. The van der Waals surface area contributed by atoms with Gasteiger partial charge in [-0.2, -0.15) is 0 Å². The third-order valence-electron chi connectivity index (χ3n) is 2.87. The fraction of sp³-hybridized carbons (Fsp3) is 0.462. The Morgan fingerprint density at radius 2 is 2.00 bits per heavy atom. The summed E-state index contributed by atoms with van der Waals surface area (Å²) in [6.45, 7) is 5.77. The average Bonchev–Trinajstić information content (AvgIpc) is 3.05. The molecule has 1 N–H and O–H groups in total. The molecule has 0 fully saturated rings. The van der Waals surface area contributed by atoms with E-state index in [1.165, 1.54) is 23.2 Å². The lowest BCUT2D eigenvalue weighted by Gasteiger charge is -2.16. The molecule has 0 radical (unpaired) electrons. The Balaban J connectivity index is 2.18. The number of amides is 2. The van der Waals surface area contributed by atoms with Gasteiger partial charge in [0.2, 0.25) is 11.0 Å². The van der Waals surface area contributed by atoms with E-state index in [0.29, 0.717) is 34.0 Å². The first kappa shape index (κ1) is 17.4. The third kappa shape index (κ3) is 4.30. The first-order chi connectivity index (χ1) is 10.9. The van der Waals surface area contributed by atoms with Crippen LogP contribution in [-0.2, 0) is 9.53 Å². The number of methoxy groups -OCH3 is 1. The van der Waals surface area contributed by atoms with Gasteiger partial charge in [0.05, 0.1) is 18.8 Å². The van der Waals surface area contributed by atoms with E-state index in [9.17, 15) is 9.59 Å². The zero-order chi connectivity index (χ0) is 17.0.